The molecule has 1 N–H and O–H groups in total. The smallest absolute Gasteiger partial charge is 0.132 e. The standard InChI is InChI=1S/C14H15FN2S/c1-3-12-9(2)14(18)17-13(16-12)8-10-4-6-11(15)7-5-10/h4-7H,3,8H2,1-2H3,(H,16,17,18). The number of nitrogens with zero attached hydrogens (tertiary/aromatic N) is 1. The third-order valence-electron chi connectivity index (χ3n) is 2.94. The second-order valence-corrected chi connectivity index (χ2v) is 4.64. The first-order valence-electron chi connectivity index (χ1n) is 5.93. The van der Waals surface area contributed by atoms with Crippen molar-refractivity contribution in [2.75, 3.05) is 0 Å². The summed E-state index contributed by atoms with van der Waals surface area (Å²) in [6.45, 7) is 4.06. The van der Waals surface area contributed by atoms with Crippen LogP contribution in [0.2, 0.25) is 0 Å². The van der Waals surface area contributed by atoms with E-state index in [0.717, 1.165) is 29.1 Å². The van der Waals surface area contributed by atoms with Crippen LogP contribution in [0.4, 0.5) is 4.39 Å². The maximum Gasteiger partial charge on any atom is 0.132 e. The molecule has 0 bridgehead atoms. The zero-order valence-corrected chi connectivity index (χ0v) is 11.3. The molecule has 1 aromatic heterocycles. The minimum atomic E-state index is -0.224. The summed E-state index contributed by atoms with van der Waals surface area (Å²) in [7, 11) is 0. The number of H-pyrrole nitrogens is 1. The molecule has 4 heteroatoms. The zero-order valence-electron chi connectivity index (χ0n) is 10.5. The molecule has 0 aliphatic heterocycles. The fourth-order valence-electron chi connectivity index (χ4n) is 1.86. The topological polar surface area (TPSA) is 28.7 Å². The van der Waals surface area contributed by atoms with E-state index in [4.69, 9.17) is 12.2 Å². The maximum atomic E-state index is 12.8. The summed E-state index contributed by atoms with van der Waals surface area (Å²) in [4.78, 5) is 7.66. The molecule has 0 saturated carbocycles. The molecule has 94 valence electrons. The summed E-state index contributed by atoms with van der Waals surface area (Å²) >= 11 is 5.24. The first-order chi connectivity index (χ1) is 8.60. The van der Waals surface area contributed by atoms with Crippen molar-refractivity contribution < 1.29 is 4.39 Å². The molecule has 0 atom stereocenters. The number of halogens is 1. The van der Waals surface area contributed by atoms with Crippen molar-refractivity contribution >= 4 is 12.2 Å². The summed E-state index contributed by atoms with van der Waals surface area (Å²) in [6.07, 6.45) is 1.53. The van der Waals surface area contributed by atoms with E-state index in [2.05, 4.69) is 16.9 Å². The quantitative estimate of drug-likeness (QED) is 0.854. The number of hydrogen-bond acceptors (Lipinski definition) is 2. The number of benzene rings is 1. The average molecular weight is 262 g/mol. The van der Waals surface area contributed by atoms with Gasteiger partial charge in [-0.05, 0) is 31.0 Å². The van der Waals surface area contributed by atoms with Gasteiger partial charge in [-0.2, -0.15) is 0 Å². The van der Waals surface area contributed by atoms with Gasteiger partial charge in [0.25, 0.3) is 0 Å². The lowest BCUT2D eigenvalue weighted by atomic mass is 10.1. The van der Waals surface area contributed by atoms with E-state index >= 15 is 0 Å². The third-order valence-corrected chi connectivity index (χ3v) is 3.34. The van der Waals surface area contributed by atoms with Crippen LogP contribution in [0.5, 0.6) is 0 Å². The fraction of sp³-hybridized carbons (Fsp3) is 0.286. The minimum Gasteiger partial charge on any atom is -0.347 e. The largest absolute Gasteiger partial charge is 0.347 e. The Labute approximate surface area is 111 Å². The van der Waals surface area contributed by atoms with Gasteiger partial charge in [0, 0.05) is 17.7 Å². The normalized spacial score (nSPS) is 10.6. The van der Waals surface area contributed by atoms with Crippen LogP contribution in [0.25, 0.3) is 0 Å². The molecule has 2 nitrogen and oxygen atoms in total. The molecule has 0 aliphatic carbocycles. The Balaban J connectivity index is 2.32. The Hall–Kier alpha value is -1.55. The molecule has 2 rings (SSSR count). The Morgan fingerprint density at radius 1 is 1.28 bits per heavy atom. The van der Waals surface area contributed by atoms with Crippen LogP contribution in [-0.4, -0.2) is 9.97 Å². The Morgan fingerprint density at radius 2 is 1.94 bits per heavy atom. The molecule has 1 heterocycles. The highest BCUT2D eigenvalue weighted by Gasteiger charge is 2.04. The van der Waals surface area contributed by atoms with Gasteiger partial charge in [0.1, 0.15) is 16.3 Å². The second kappa shape index (κ2) is 5.40. The first kappa shape index (κ1) is 12.9. The van der Waals surface area contributed by atoms with Crippen LogP contribution >= 0.6 is 12.2 Å². The number of nitrogens with one attached hydrogen (secondary N) is 1. The van der Waals surface area contributed by atoms with Crippen molar-refractivity contribution in [3.05, 3.63) is 57.4 Å². The molecule has 0 unspecified atom stereocenters. The minimum absolute atomic E-state index is 0.224. The van der Waals surface area contributed by atoms with Gasteiger partial charge in [-0.3, -0.25) is 0 Å². The number of aromatic nitrogens is 2. The van der Waals surface area contributed by atoms with Gasteiger partial charge in [-0.25, -0.2) is 9.37 Å². The van der Waals surface area contributed by atoms with E-state index < -0.39 is 0 Å². The highest BCUT2D eigenvalue weighted by Crippen LogP contribution is 2.11. The fourth-order valence-corrected chi connectivity index (χ4v) is 2.10. The van der Waals surface area contributed by atoms with E-state index in [9.17, 15) is 4.39 Å². The zero-order chi connectivity index (χ0) is 13.1. The maximum absolute atomic E-state index is 12.8. The summed E-state index contributed by atoms with van der Waals surface area (Å²) in [5, 5.41) is 0. The lowest BCUT2D eigenvalue weighted by molar-refractivity contribution is 0.627. The van der Waals surface area contributed by atoms with Crippen LogP contribution < -0.4 is 0 Å². The first-order valence-corrected chi connectivity index (χ1v) is 6.34. The van der Waals surface area contributed by atoms with E-state index in [1.165, 1.54) is 12.1 Å². The summed E-state index contributed by atoms with van der Waals surface area (Å²) in [5.74, 6) is 0.604. The Kier molecular flexibility index (Phi) is 3.87. The van der Waals surface area contributed by atoms with Crippen molar-refractivity contribution in [3.8, 4) is 0 Å². The SMILES string of the molecule is CCc1[nH]c(Cc2ccc(F)cc2)nc(=S)c1C. The van der Waals surface area contributed by atoms with Crippen LogP contribution in [0.1, 0.15) is 29.6 Å². The molecule has 0 amide bonds. The molecule has 0 spiro atoms. The van der Waals surface area contributed by atoms with Gasteiger partial charge in [0.15, 0.2) is 0 Å². The lowest BCUT2D eigenvalue weighted by Gasteiger charge is -2.07. The van der Waals surface area contributed by atoms with Crippen LogP contribution in [0.15, 0.2) is 24.3 Å². The molecule has 0 saturated heterocycles. The second-order valence-electron chi connectivity index (χ2n) is 4.25. The van der Waals surface area contributed by atoms with Crippen molar-refractivity contribution in [1.82, 2.24) is 9.97 Å². The van der Waals surface area contributed by atoms with Crippen molar-refractivity contribution in [2.24, 2.45) is 0 Å². The molecular formula is C14H15FN2S. The Morgan fingerprint density at radius 3 is 2.56 bits per heavy atom. The van der Waals surface area contributed by atoms with Crippen LogP contribution in [0, 0.1) is 17.4 Å². The summed E-state index contributed by atoms with van der Waals surface area (Å²) < 4.78 is 13.5. The molecule has 0 radical (unpaired) electrons. The highest BCUT2D eigenvalue weighted by atomic mass is 32.1. The van der Waals surface area contributed by atoms with Gasteiger partial charge in [0.2, 0.25) is 0 Å². The lowest BCUT2D eigenvalue weighted by Crippen LogP contribution is -2.03. The van der Waals surface area contributed by atoms with Crippen molar-refractivity contribution in [3.63, 3.8) is 0 Å². The van der Waals surface area contributed by atoms with Crippen LogP contribution in [-0.2, 0) is 12.8 Å². The van der Waals surface area contributed by atoms with Gasteiger partial charge < -0.3 is 4.98 Å². The number of aryl methyl sites for hydroxylation is 1. The number of rotatable bonds is 3. The number of hydrogen-bond donors (Lipinski definition) is 1. The Bertz CT molecular complexity index is 602. The van der Waals surface area contributed by atoms with E-state index in [1.807, 2.05) is 6.92 Å². The van der Waals surface area contributed by atoms with E-state index in [1.54, 1.807) is 12.1 Å². The van der Waals surface area contributed by atoms with Gasteiger partial charge >= 0.3 is 0 Å². The van der Waals surface area contributed by atoms with Crippen molar-refractivity contribution in [2.45, 2.75) is 26.7 Å². The van der Waals surface area contributed by atoms with Crippen LogP contribution in [0.3, 0.4) is 0 Å². The van der Waals surface area contributed by atoms with Crippen molar-refractivity contribution in [1.29, 1.82) is 0 Å². The predicted octanol–water partition coefficient (Wildman–Crippen LogP) is 3.74. The molecular weight excluding hydrogens is 247 g/mol. The van der Waals surface area contributed by atoms with Gasteiger partial charge in [-0.15, -0.1) is 0 Å². The molecule has 0 aliphatic rings. The molecule has 2 aromatic rings. The van der Waals surface area contributed by atoms with Gasteiger partial charge in [-0.1, -0.05) is 31.3 Å². The van der Waals surface area contributed by atoms with Gasteiger partial charge in [0.05, 0.1) is 0 Å². The van der Waals surface area contributed by atoms with E-state index in [-0.39, 0.29) is 5.82 Å². The molecule has 1 aromatic carbocycles. The average Bonchev–Trinajstić information content (AvgIpc) is 2.36. The predicted molar refractivity (Wildman–Crippen MR) is 72.7 cm³/mol. The molecule has 0 fully saturated rings. The monoisotopic (exact) mass is 262 g/mol. The summed E-state index contributed by atoms with van der Waals surface area (Å²) in [5.41, 5.74) is 3.17. The highest BCUT2D eigenvalue weighted by molar-refractivity contribution is 7.71. The third kappa shape index (κ3) is 2.82. The number of aromatic amines is 1. The van der Waals surface area contributed by atoms with E-state index in [0.29, 0.717) is 11.1 Å². The molecule has 18 heavy (non-hydrogen) atoms. The summed E-state index contributed by atoms with van der Waals surface area (Å²) in [6, 6.07) is 6.44.